The molecule has 0 saturated heterocycles. The monoisotopic (exact) mass is 234 g/mol. The van der Waals surface area contributed by atoms with Crippen LogP contribution in [-0.4, -0.2) is 17.7 Å². The van der Waals surface area contributed by atoms with Gasteiger partial charge in [-0.3, -0.25) is 4.57 Å². The lowest BCUT2D eigenvalue weighted by atomic mass is 9.87. The fraction of sp³-hybridized carbons (Fsp3) is 1.00. The Hall–Kier alpha value is 0.150. The van der Waals surface area contributed by atoms with Gasteiger partial charge in [-0.25, -0.2) is 0 Å². The van der Waals surface area contributed by atoms with Gasteiger partial charge in [0, 0.05) is 6.16 Å². The summed E-state index contributed by atoms with van der Waals surface area (Å²) in [6.45, 7) is 2.35. The first-order chi connectivity index (χ1) is 7.14. The van der Waals surface area contributed by atoms with Crippen molar-refractivity contribution in [2.45, 2.75) is 51.9 Å². The second kappa shape index (κ2) is 6.67. The summed E-state index contributed by atoms with van der Waals surface area (Å²) in [5, 5.41) is 0. The average Bonchev–Trinajstić information content (AvgIpc) is 2.19. The van der Waals surface area contributed by atoms with E-state index in [0.29, 0.717) is 13.0 Å². The molecule has 1 rings (SSSR count). The molecule has 1 aliphatic rings. The highest BCUT2D eigenvalue weighted by Crippen LogP contribution is 2.42. The molecular formula is C11H23O3P. The molecule has 1 saturated carbocycles. The van der Waals surface area contributed by atoms with Gasteiger partial charge in [-0.1, -0.05) is 39.0 Å². The zero-order valence-electron chi connectivity index (χ0n) is 9.65. The highest BCUT2D eigenvalue weighted by Gasteiger charge is 2.19. The predicted octanol–water partition coefficient (Wildman–Crippen LogP) is 3.57. The van der Waals surface area contributed by atoms with E-state index in [4.69, 9.17) is 4.52 Å². The van der Waals surface area contributed by atoms with Crippen molar-refractivity contribution in [3.05, 3.63) is 0 Å². The molecule has 90 valence electrons. The topological polar surface area (TPSA) is 46.5 Å². The molecule has 1 fully saturated rings. The molecule has 0 bridgehead atoms. The maximum Gasteiger partial charge on any atom is 0.328 e. The molecule has 0 heterocycles. The molecule has 1 N–H and O–H groups in total. The van der Waals surface area contributed by atoms with Crippen LogP contribution in [0.5, 0.6) is 0 Å². The van der Waals surface area contributed by atoms with Crippen LogP contribution in [0.1, 0.15) is 51.9 Å². The Morgan fingerprint density at radius 3 is 2.60 bits per heavy atom. The summed E-state index contributed by atoms with van der Waals surface area (Å²) in [6, 6.07) is 0. The molecule has 0 spiro atoms. The lowest BCUT2D eigenvalue weighted by Crippen LogP contribution is -2.09. The Balaban J connectivity index is 2.11. The fourth-order valence-corrected chi connectivity index (χ4v) is 3.27. The van der Waals surface area contributed by atoms with Gasteiger partial charge in [0.1, 0.15) is 0 Å². The molecule has 4 heteroatoms. The molecule has 1 aliphatic carbocycles. The van der Waals surface area contributed by atoms with E-state index < -0.39 is 7.60 Å². The quantitative estimate of drug-likeness (QED) is 0.714. The van der Waals surface area contributed by atoms with E-state index in [1.807, 2.05) is 6.92 Å². The number of hydrogen-bond acceptors (Lipinski definition) is 2. The van der Waals surface area contributed by atoms with Crippen LogP contribution in [0.3, 0.4) is 0 Å². The molecule has 0 amide bonds. The van der Waals surface area contributed by atoms with E-state index in [1.54, 1.807) is 0 Å². The van der Waals surface area contributed by atoms with Crippen LogP contribution in [0.25, 0.3) is 0 Å². The Morgan fingerprint density at radius 1 is 1.33 bits per heavy atom. The van der Waals surface area contributed by atoms with Crippen molar-refractivity contribution >= 4 is 7.60 Å². The molecular weight excluding hydrogens is 211 g/mol. The zero-order chi connectivity index (χ0) is 11.1. The SMILES string of the molecule is CCCP(=O)(O)OCCC1CCCCC1. The summed E-state index contributed by atoms with van der Waals surface area (Å²) >= 11 is 0. The smallest absolute Gasteiger partial charge is 0.324 e. The van der Waals surface area contributed by atoms with Gasteiger partial charge in [-0.15, -0.1) is 0 Å². The summed E-state index contributed by atoms with van der Waals surface area (Å²) in [7, 11) is -3.26. The van der Waals surface area contributed by atoms with Gasteiger partial charge in [0.25, 0.3) is 0 Å². The van der Waals surface area contributed by atoms with Crippen molar-refractivity contribution in [1.29, 1.82) is 0 Å². The summed E-state index contributed by atoms with van der Waals surface area (Å²) in [4.78, 5) is 9.38. The van der Waals surface area contributed by atoms with Crippen LogP contribution in [0, 0.1) is 5.92 Å². The summed E-state index contributed by atoms with van der Waals surface area (Å²) in [5.41, 5.74) is 0. The lowest BCUT2D eigenvalue weighted by Gasteiger charge is -2.21. The highest BCUT2D eigenvalue weighted by atomic mass is 31.2. The molecule has 0 radical (unpaired) electrons. The molecule has 0 aromatic heterocycles. The maximum absolute atomic E-state index is 11.4. The minimum Gasteiger partial charge on any atom is -0.324 e. The second-order valence-corrected chi connectivity index (χ2v) is 6.47. The first kappa shape index (κ1) is 13.2. The van der Waals surface area contributed by atoms with E-state index in [-0.39, 0.29) is 6.16 Å². The Bertz CT molecular complexity index is 212. The lowest BCUT2D eigenvalue weighted by molar-refractivity contribution is 0.219. The van der Waals surface area contributed by atoms with Crippen molar-refractivity contribution in [3.8, 4) is 0 Å². The van der Waals surface area contributed by atoms with E-state index in [2.05, 4.69) is 0 Å². The van der Waals surface area contributed by atoms with Crippen molar-refractivity contribution in [2.24, 2.45) is 5.92 Å². The van der Waals surface area contributed by atoms with E-state index in [9.17, 15) is 9.46 Å². The van der Waals surface area contributed by atoms with E-state index in [0.717, 1.165) is 12.3 Å². The van der Waals surface area contributed by atoms with Gasteiger partial charge in [0.05, 0.1) is 6.61 Å². The Labute approximate surface area is 92.8 Å². The summed E-state index contributed by atoms with van der Waals surface area (Å²) < 4.78 is 16.5. The first-order valence-corrected chi connectivity index (χ1v) is 7.86. The third-order valence-corrected chi connectivity index (χ3v) is 4.65. The second-order valence-electron chi connectivity index (χ2n) is 4.49. The van der Waals surface area contributed by atoms with Gasteiger partial charge in [-0.05, 0) is 18.8 Å². The highest BCUT2D eigenvalue weighted by molar-refractivity contribution is 7.52. The largest absolute Gasteiger partial charge is 0.328 e. The number of hydrogen-bond donors (Lipinski definition) is 1. The fourth-order valence-electron chi connectivity index (χ4n) is 2.18. The van der Waals surface area contributed by atoms with Gasteiger partial charge in [-0.2, -0.15) is 0 Å². The van der Waals surface area contributed by atoms with Crippen molar-refractivity contribution in [3.63, 3.8) is 0 Å². The third-order valence-electron chi connectivity index (χ3n) is 3.05. The van der Waals surface area contributed by atoms with Gasteiger partial charge >= 0.3 is 7.60 Å². The van der Waals surface area contributed by atoms with Crippen LogP contribution in [0.15, 0.2) is 0 Å². The predicted molar refractivity (Wildman–Crippen MR) is 62.1 cm³/mol. The zero-order valence-corrected chi connectivity index (χ0v) is 10.5. The minimum atomic E-state index is -3.26. The van der Waals surface area contributed by atoms with Gasteiger partial charge in [0.15, 0.2) is 0 Å². The normalized spacial score (nSPS) is 22.5. The Kier molecular flexibility index (Phi) is 5.88. The van der Waals surface area contributed by atoms with E-state index >= 15 is 0 Å². The molecule has 1 unspecified atom stereocenters. The van der Waals surface area contributed by atoms with Gasteiger partial charge < -0.3 is 9.42 Å². The van der Waals surface area contributed by atoms with Crippen LogP contribution >= 0.6 is 7.60 Å². The maximum atomic E-state index is 11.4. The molecule has 15 heavy (non-hydrogen) atoms. The molecule has 0 aromatic rings. The summed E-state index contributed by atoms with van der Waals surface area (Å²) in [5.74, 6) is 0.723. The van der Waals surface area contributed by atoms with Crippen molar-refractivity contribution in [2.75, 3.05) is 12.8 Å². The van der Waals surface area contributed by atoms with Gasteiger partial charge in [0.2, 0.25) is 0 Å². The van der Waals surface area contributed by atoms with Crippen molar-refractivity contribution < 1.29 is 14.0 Å². The van der Waals surface area contributed by atoms with Crippen LogP contribution < -0.4 is 0 Å². The van der Waals surface area contributed by atoms with Crippen LogP contribution in [-0.2, 0) is 9.09 Å². The molecule has 0 aromatic carbocycles. The van der Waals surface area contributed by atoms with Crippen LogP contribution in [0.2, 0.25) is 0 Å². The first-order valence-electron chi connectivity index (χ1n) is 6.10. The molecule has 1 atom stereocenters. The number of rotatable bonds is 6. The molecule has 3 nitrogen and oxygen atoms in total. The summed E-state index contributed by atoms with van der Waals surface area (Å²) in [6.07, 6.45) is 8.47. The van der Waals surface area contributed by atoms with Crippen molar-refractivity contribution in [1.82, 2.24) is 0 Å². The molecule has 0 aliphatic heterocycles. The average molecular weight is 234 g/mol. The van der Waals surface area contributed by atoms with E-state index in [1.165, 1.54) is 32.1 Å². The standard InChI is InChI=1S/C11H23O3P/c1-2-10-15(12,13)14-9-8-11-6-4-3-5-7-11/h11H,2-10H2,1H3,(H,12,13). The minimum absolute atomic E-state index is 0.289. The Morgan fingerprint density at radius 2 is 2.00 bits per heavy atom. The van der Waals surface area contributed by atoms with Crippen LogP contribution in [0.4, 0.5) is 0 Å². The third kappa shape index (κ3) is 5.70.